The number of rotatable bonds is 1. The lowest BCUT2D eigenvalue weighted by molar-refractivity contribution is 0.813. The Hall–Kier alpha value is -2.09. The minimum absolute atomic E-state index is 1.03. The summed E-state index contributed by atoms with van der Waals surface area (Å²) in [5, 5.41) is 3.71. The maximum Gasteiger partial charge on any atom is 0.0379 e. The smallest absolute Gasteiger partial charge is 0.0379 e. The summed E-state index contributed by atoms with van der Waals surface area (Å²) in [6, 6.07) is 20.8. The predicted octanol–water partition coefficient (Wildman–Crippen LogP) is 3.32. The van der Waals surface area contributed by atoms with Crippen molar-refractivity contribution in [2.24, 2.45) is 5.10 Å². The van der Waals surface area contributed by atoms with Crippen molar-refractivity contribution < 1.29 is 0 Å². The topological polar surface area (TPSA) is 24.4 Å². The van der Waals surface area contributed by atoms with Crippen molar-refractivity contribution in [1.29, 1.82) is 0 Å². The Balaban J connectivity index is 0.000000181. The Morgan fingerprint density at radius 2 is 1.29 bits per heavy atom. The van der Waals surface area contributed by atoms with Crippen LogP contribution < -0.4 is 5.43 Å². The quantitative estimate of drug-likeness (QED) is 0.789. The van der Waals surface area contributed by atoms with Gasteiger partial charge in [-0.1, -0.05) is 60.7 Å². The fraction of sp³-hybridized carbons (Fsp3) is 0.133. The molecule has 0 radical (unpaired) electrons. The molecule has 0 aliphatic carbocycles. The zero-order valence-corrected chi connectivity index (χ0v) is 9.71. The zero-order chi connectivity index (χ0) is 11.8. The van der Waals surface area contributed by atoms with Crippen LogP contribution in [0, 0.1) is 0 Å². The van der Waals surface area contributed by atoms with E-state index in [-0.39, 0.29) is 0 Å². The summed E-state index contributed by atoms with van der Waals surface area (Å²) in [6.07, 6.45) is 2.97. The van der Waals surface area contributed by atoms with Gasteiger partial charge in [0.1, 0.15) is 0 Å². The van der Waals surface area contributed by atoms with Gasteiger partial charge in [0.15, 0.2) is 0 Å². The van der Waals surface area contributed by atoms with Crippen molar-refractivity contribution >= 4 is 6.21 Å². The maximum atomic E-state index is 3.71. The molecule has 2 aromatic carbocycles. The monoisotopic (exact) mass is 224 g/mol. The standard InChI is InChI=1S/C12H10.C3H6N2/c1-3-7-11(8-4-1)12-9-5-2-6-10-12;1-2-4-5-3-1/h1-10H;2,5H,1,3H2. The van der Waals surface area contributed by atoms with Crippen molar-refractivity contribution in [3.8, 4) is 11.1 Å². The average molecular weight is 224 g/mol. The molecule has 17 heavy (non-hydrogen) atoms. The van der Waals surface area contributed by atoms with E-state index in [1.807, 2.05) is 18.3 Å². The van der Waals surface area contributed by atoms with Gasteiger partial charge in [0.2, 0.25) is 0 Å². The fourth-order valence-corrected chi connectivity index (χ4v) is 1.58. The molecule has 2 heteroatoms. The molecule has 0 aromatic heterocycles. The van der Waals surface area contributed by atoms with Gasteiger partial charge in [-0.15, -0.1) is 0 Å². The van der Waals surface area contributed by atoms with E-state index in [4.69, 9.17) is 0 Å². The van der Waals surface area contributed by atoms with Gasteiger partial charge in [0.25, 0.3) is 0 Å². The van der Waals surface area contributed by atoms with Crippen molar-refractivity contribution in [3.05, 3.63) is 60.7 Å². The Kier molecular flexibility index (Phi) is 4.35. The highest BCUT2D eigenvalue weighted by molar-refractivity contribution is 5.62. The van der Waals surface area contributed by atoms with E-state index in [1.54, 1.807) is 0 Å². The van der Waals surface area contributed by atoms with Gasteiger partial charge in [-0.25, -0.2) is 0 Å². The summed E-state index contributed by atoms with van der Waals surface area (Å²) < 4.78 is 0. The number of benzene rings is 2. The van der Waals surface area contributed by atoms with Crippen molar-refractivity contribution in [2.45, 2.75) is 6.42 Å². The molecule has 0 spiro atoms. The predicted molar refractivity (Wildman–Crippen MR) is 73.0 cm³/mol. The summed E-state index contributed by atoms with van der Waals surface area (Å²) in [7, 11) is 0. The molecule has 3 rings (SSSR count). The maximum absolute atomic E-state index is 3.71. The first-order valence-electron chi connectivity index (χ1n) is 5.81. The van der Waals surface area contributed by atoms with Crippen LogP contribution in [0.25, 0.3) is 11.1 Å². The molecular weight excluding hydrogens is 208 g/mol. The van der Waals surface area contributed by atoms with E-state index < -0.39 is 0 Å². The number of nitrogens with zero attached hydrogens (tertiary/aromatic N) is 1. The van der Waals surface area contributed by atoms with Gasteiger partial charge in [0.05, 0.1) is 0 Å². The third kappa shape index (κ3) is 3.76. The number of hydrazone groups is 1. The van der Waals surface area contributed by atoms with Gasteiger partial charge in [-0.2, -0.15) is 5.10 Å². The van der Waals surface area contributed by atoms with Crippen LogP contribution in [0.3, 0.4) is 0 Å². The van der Waals surface area contributed by atoms with E-state index in [0.29, 0.717) is 0 Å². The molecule has 2 aromatic rings. The molecule has 0 amide bonds. The highest BCUT2D eigenvalue weighted by Gasteiger charge is 1.91. The number of hydrogen-bond donors (Lipinski definition) is 1. The van der Waals surface area contributed by atoms with E-state index >= 15 is 0 Å². The molecule has 1 aliphatic rings. The first kappa shape index (κ1) is 11.4. The van der Waals surface area contributed by atoms with Crippen LogP contribution in [0.5, 0.6) is 0 Å². The summed E-state index contributed by atoms with van der Waals surface area (Å²) in [5.41, 5.74) is 5.34. The van der Waals surface area contributed by atoms with Crippen LogP contribution in [0.15, 0.2) is 65.8 Å². The largest absolute Gasteiger partial charge is 0.310 e. The molecule has 1 heterocycles. The Bertz CT molecular complexity index is 405. The highest BCUT2D eigenvalue weighted by Crippen LogP contribution is 2.17. The van der Waals surface area contributed by atoms with Gasteiger partial charge >= 0.3 is 0 Å². The van der Waals surface area contributed by atoms with E-state index in [9.17, 15) is 0 Å². The van der Waals surface area contributed by atoms with E-state index in [1.165, 1.54) is 11.1 Å². The first-order valence-corrected chi connectivity index (χ1v) is 5.81. The second-order valence-electron chi connectivity index (χ2n) is 3.74. The van der Waals surface area contributed by atoms with Gasteiger partial charge in [-0.05, 0) is 11.1 Å². The Morgan fingerprint density at radius 3 is 1.59 bits per heavy atom. The second-order valence-corrected chi connectivity index (χ2v) is 3.74. The molecule has 0 bridgehead atoms. The molecule has 0 atom stereocenters. The fourth-order valence-electron chi connectivity index (χ4n) is 1.58. The second kappa shape index (κ2) is 6.48. The van der Waals surface area contributed by atoms with Crippen LogP contribution in [0.2, 0.25) is 0 Å². The lowest BCUT2D eigenvalue weighted by Crippen LogP contribution is -1.96. The van der Waals surface area contributed by atoms with Crippen LogP contribution in [-0.4, -0.2) is 12.8 Å². The van der Waals surface area contributed by atoms with Crippen LogP contribution in [0.1, 0.15) is 6.42 Å². The van der Waals surface area contributed by atoms with Crippen LogP contribution >= 0.6 is 0 Å². The third-order valence-electron chi connectivity index (χ3n) is 2.45. The molecule has 0 fully saturated rings. The Morgan fingerprint density at radius 1 is 0.765 bits per heavy atom. The lowest BCUT2D eigenvalue weighted by atomic mass is 10.1. The summed E-state index contributed by atoms with van der Waals surface area (Å²) in [6.45, 7) is 1.03. The highest BCUT2D eigenvalue weighted by atomic mass is 15.3. The average Bonchev–Trinajstić information content (AvgIpc) is 3.00. The molecule has 2 nitrogen and oxygen atoms in total. The molecule has 1 N–H and O–H groups in total. The van der Waals surface area contributed by atoms with E-state index in [2.05, 4.69) is 59.1 Å². The molecular formula is C15H16N2. The molecule has 0 saturated carbocycles. The van der Waals surface area contributed by atoms with Gasteiger partial charge < -0.3 is 5.43 Å². The lowest BCUT2D eigenvalue weighted by Gasteiger charge is -1.98. The SMILES string of the molecule is C1=NNCC1.c1ccc(-c2ccccc2)cc1. The van der Waals surface area contributed by atoms with E-state index in [0.717, 1.165) is 13.0 Å². The van der Waals surface area contributed by atoms with Crippen molar-refractivity contribution in [2.75, 3.05) is 6.54 Å². The van der Waals surface area contributed by atoms with Gasteiger partial charge in [-0.3, -0.25) is 0 Å². The number of hydrogen-bond acceptors (Lipinski definition) is 2. The summed E-state index contributed by atoms with van der Waals surface area (Å²) in [5.74, 6) is 0. The normalized spacial score (nSPS) is 12.5. The molecule has 0 unspecified atom stereocenters. The molecule has 0 saturated heterocycles. The third-order valence-corrected chi connectivity index (χ3v) is 2.45. The minimum atomic E-state index is 1.03. The van der Waals surface area contributed by atoms with Crippen LogP contribution in [0.4, 0.5) is 0 Å². The summed E-state index contributed by atoms with van der Waals surface area (Å²) >= 11 is 0. The number of nitrogens with one attached hydrogen (secondary N) is 1. The molecule has 86 valence electrons. The zero-order valence-electron chi connectivity index (χ0n) is 9.71. The van der Waals surface area contributed by atoms with Crippen LogP contribution in [-0.2, 0) is 0 Å². The van der Waals surface area contributed by atoms with Crippen molar-refractivity contribution in [1.82, 2.24) is 5.43 Å². The molecule has 1 aliphatic heterocycles. The summed E-state index contributed by atoms with van der Waals surface area (Å²) in [4.78, 5) is 0. The van der Waals surface area contributed by atoms with Crippen molar-refractivity contribution in [3.63, 3.8) is 0 Å². The van der Waals surface area contributed by atoms with Gasteiger partial charge in [0, 0.05) is 19.2 Å². The Labute approximate surface area is 102 Å². The minimum Gasteiger partial charge on any atom is -0.310 e. The first-order chi connectivity index (χ1) is 8.47.